The second-order valence-corrected chi connectivity index (χ2v) is 5.00. The molecule has 0 bridgehead atoms. The summed E-state index contributed by atoms with van der Waals surface area (Å²) in [5, 5.41) is -0.926. The molecule has 0 spiro atoms. The van der Waals surface area contributed by atoms with Gasteiger partial charge in [0, 0.05) is 10.5 Å². The molecule has 1 atom stereocenters. The third-order valence-corrected chi connectivity index (χ3v) is 3.33. The molecule has 2 nitrogen and oxygen atoms in total. The standard InChI is InChI=1S/C11H10ClF3O2S/c1-6(16)10(12)8-4-3-7(5-9(8)17-2)18-11(13,14)15/h3-5,10H,1-2H3. The van der Waals surface area contributed by atoms with E-state index >= 15 is 0 Å². The second kappa shape index (κ2) is 5.84. The summed E-state index contributed by atoms with van der Waals surface area (Å²) in [6, 6.07) is 3.84. The molecule has 0 aliphatic carbocycles. The fraction of sp³-hybridized carbons (Fsp3) is 0.364. The van der Waals surface area contributed by atoms with Crippen molar-refractivity contribution in [1.82, 2.24) is 0 Å². The summed E-state index contributed by atoms with van der Waals surface area (Å²) in [5.74, 6) is -0.134. The Labute approximate surface area is 111 Å². The van der Waals surface area contributed by atoms with Crippen LogP contribution in [0.2, 0.25) is 0 Å². The molecule has 0 saturated carbocycles. The summed E-state index contributed by atoms with van der Waals surface area (Å²) in [6.45, 7) is 1.30. The summed E-state index contributed by atoms with van der Waals surface area (Å²) in [7, 11) is 1.31. The van der Waals surface area contributed by atoms with Crippen LogP contribution < -0.4 is 4.74 Å². The molecule has 1 unspecified atom stereocenters. The van der Waals surface area contributed by atoms with E-state index < -0.39 is 10.9 Å². The highest BCUT2D eigenvalue weighted by Crippen LogP contribution is 2.40. The summed E-state index contributed by atoms with van der Waals surface area (Å²) in [4.78, 5) is 11.1. The molecule has 0 aliphatic heterocycles. The number of carbonyl (C=O) groups is 1. The quantitative estimate of drug-likeness (QED) is 0.616. The Morgan fingerprint density at radius 1 is 1.44 bits per heavy atom. The molecular weight excluding hydrogens is 289 g/mol. The molecule has 0 saturated heterocycles. The van der Waals surface area contributed by atoms with E-state index in [9.17, 15) is 18.0 Å². The van der Waals surface area contributed by atoms with Gasteiger partial charge in [-0.1, -0.05) is 6.07 Å². The van der Waals surface area contributed by atoms with Gasteiger partial charge in [-0.15, -0.1) is 11.6 Å². The number of methoxy groups -OCH3 is 1. The van der Waals surface area contributed by atoms with Crippen LogP contribution in [0.15, 0.2) is 23.1 Å². The van der Waals surface area contributed by atoms with E-state index in [0.717, 1.165) is 0 Å². The van der Waals surface area contributed by atoms with E-state index in [0.29, 0.717) is 5.56 Å². The number of Topliss-reactive ketones (excluding diaryl/α,β-unsaturated/α-hetero) is 1. The monoisotopic (exact) mass is 298 g/mol. The molecule has 1 aromatic carbocycles. The lowest BCUT2D eigenvalue weighted by Gasteiger charge is -2.13. The first-order valence-electron chi connectivity index (χ1n) is 4.83. The largest absolute Gasteiger partial charge is 0.496 e. The molecule has 0 aliphatic rings. The average Bonchev–Trinajstić information content (AvgIpc) is 2.25. The molecule has 0 fully saturated rings. The maximum absolute atomic E-state index is 12.2. The Morgan fingerprint density at radius 2 is 2.06 bits per heavy atom. The van der Waals surface area contributed by atoms with Gasteiger partial charge in [0.05, 0.1) is 7.11 Å². The van der Waals surface area contributed by atoms with Crippen LogP contribution >= 0.6 is 23.4 Å². The molecule has 0 heterocycles. The van der Waals surface area contributed by atoms with E-state index in [2.05, 4.69) is 0 Å². The fourth-order valence-electron chi connectivity index (χ4n) is 1.32. The second-order valence-electron chi connectivity index (χ2n) is 3.42. The van der Waals surface area contributed by atoms with Crippen molar-refractivity contribution in [2.75, 3.05) is 7.11 Å². The van der Waals surface area contributed by atoms with Gasteiger partial charge in [0.15, 0.2) is 5.78 Å². The fourth-order valence-corrected chi connectivity index (χ4v) is 2.07. The van der Waals surface area contributed by atoms with Crippen molar-refractivity contribution >= 4 is 29.1 Å². The summed E-state index contributed by atoms with van der Waals surface area (Å²) in [6.07, 6.45) is 0. The first-order chi connectivity index (χ1) is 8.24. The maximum atomic E-state index is 12.2. The molecule has 1 aromatic rings. The summed E-state index contributed by atoms with van der Waals surface area (Å²) in [5.41, 5.74) is -4.01. The lowest BCUT2D eigenvalue weighted by molar-refractivity contribution is -0.116. The van der Waals surface area contributed by atoms with Gasteiger partial charge in [-0.25, -0.2) is 0 Å². The minimum absolute atomic E-state index is 0.0180. The van der Waals surface area contributed by atoms with Gasteiger partial charge in [-0.3, -0.25) is 4.79 Å². The molecule has 100 valence electrons. The number of ketones is 1. The predicted octanol–water partition coefficient (Wildman–Crippen LogP) is 4.18. The number of hydrogen-bond donors (Lipinski definition) is 0. The molecule has 18 heavy (non-hydrogen) atoms. The zero-order valence-electron chi connectivity index (χ0n) is 9.55. The Hall–Kier alpha value is -0.880. The number of hydrogen-bond acceptors (Lipinski definition) is 3. The van der Waals surface area contributed by atoms with Crippen LogP contribution in [0.1, 0.15) is 17.9 Å². The van der Waals surface area contributed by atoms with Crippen molar-refractivity contribution in [3.05, 3.63) is 23.8 Å². The number of halogens is 4. The van der Waals surface area contributed by atoms with E-state index in [1.807, 2.05) is 0 Å². The van der Waals surface area contributed by atoms with Crippen LogP contribution in [0.4, 0.5) is 13.2 Å². The highest BCUT2D eigenvalue weighted by Gasteiger charge is 2.30. The van der Waals surface area contributed by atoms with E-state index in [1.165, 1.54) is 32.2 Å². The zero-order valence-corrected chi connectivity index (χ0v) is 11.1. The smallest absolute Gasteiger partial charge is 0.446 e. The third kappa shape index (κ3) is 4.10. The van der Waals surface area contributed by atoms with Crippen LogP contribution in [-0.2, 0) is 4.79 Å². The Kier molecular flexibility index (Phi) is 4.92. The van der Waals surface area contributed by atoms with Gasteiger partial charge in [-0.05, 0) is 30.8 Å². The van der Waals surface area contributed by atoms with Crippen LogP contribution in [0.25, 0.3) is 0 Å². The topological polar surface area (TPSA) is 26.3 Å². The minimum atomic E-state index is -4.37. The lowest BCUT2D eigenvalue weighted by Crippen LogP contribution is -2.05. The van der Waals surface area contributed by atoms with Crippen molar-refractivity contribution in [2.24, 2.45) is 0 Å². The summed E-state index contributed by atoms with van der Waals surface area (Å²) < 4.78 is 41.6. The van der Waals surface area contributed by atoms with Crippen molar-refractivity contribution < 1.29 is 22.7 Å². The number of benzene rings is 1. The Morgan fingerprint density at radius 3 is 2.50 bits per heavy atom. The number of thioether (sulfide) groups is 1. The molecule has 0 N–H and O–H groups in total. The van der Waals surface area contributed by atoms with Crippen molar-refractivity contribution in [1.29, 1.82) is 0 Å². The predicted molar refractivity (Wildman–Crippen MR) is 64.2 cm³/mol. The van der Waals surface area contributed by atoms with E-state index in [1.54, 1.807) is 0 Å². The van der Waals surface area contributed by atoms with Crippen LogP contribution in [0.5, 0.6) is 5.75 Å². The minimum Gasteiger partial charge on any atom is -0.496 e. The molecule has 1 rings (SSSR count). The van der Waals surface area contributed by atoms with Crippen molar-refractivity contribution in [3.8, 4) is 5.75 Å². The summed E-state index contributed by atoms with van der Waals surface area (Å²) >= 11 is 5.60. The van der Waals surface area contributed by atoms with Gasteiger partial charge < -0.3 is 4.74 Å². The molecule has 0 aromatic heterocycles. The average molecular weight is 299 g/mol. The van der Waals surface area contributed by atoms with Gasteiger partial charge in [0.25, 0.3) is 0 Å². The molecular formula is C11H10ClF3O2S. The Balaban J connectivity index is 3.07. The number of rotatable bonds is 4. The van der Waals surface area contributed by atoms with E-state index in [-0.39, 0.29) is 28.2 Å². The van der Waals surface area contributed by atoms with Crippen LogP contribution in [0.3, 0.4) is 0 Å². The maximum Gasteiger partial charge on any atom is 0.446 e. The normalized spacial score (nSPS) is 13.2. The van der Waals surface area contributed by atoms with Gasteiger partial charge in [0.2, 0.25) is 0 Å². The van der Waals surface area contributed by atoms with Crippen LogP contribution in [0, 0.1) is 0 Å². The first kappa shape index (κ1) is 15.2. The van der Waals surface area contributed by atoms with E-state index in [4.69, 9.17) is 16.3 Å². The number of carbonyl (C=O) groups excluding carboxylic acids is 1. The van der Waals surface area contributed by atoms with Gasteiger partial charge >= 0.3 is 5.51 Å². The van der Waals surface area contributed by atoms with Crippen molar-refractivity contribution in [2.45, 2.75) is 22.7 Å². The third-order valence-electron chi connectivity index (χ3n) is 2.07. The number of alkyl halides is 4. The van der Waals surface area contributed by atoms with Crippen molar-refractivity contribution in [3.63, 3.8) is 0 Å². The highest BCUT2D eigenvalue weighted by atomic mass is 35.5. The van der Waals surface area contributed by atoms with Gasteiger partial charge in [-0.2, -0.15) is 13.2 Å². The molecule has 7 heteroatoms. The zero-order chi connectivity index (χ0) is 13.9. The lowest BCUT2D eigenvalue weighted by atomic mass is 10.1. The highest BCUT2D eigenvalue weighted by molar-refractivity contribution is 8.00. The van der Waals surface area contributed by atoms with Crippen LogP contribution in [-0.4, -0.2) is 18.4 Å². The van der Waals surface area contributed by atoms with Gasteiger partial charge in [0.1, 0.15) is 11.1 Å². The molecule has 0 radical (unpaired) electrons. The SMILES string of the molecule is COc1cc(SC(F)(F)F)ccc1C(Cl)C(C)=O. The number of ether oxygens (including phenoxy) is 1. The Bertz CT molecular complexity index is 448. The first-order valence-corrected chi connectivity index (χ1v) is 6.08. The molecule has 0 amide bonds.